The molecule has 21 heavy (non-hydrogen) atoms. The summed E-state index contributed by atoms with van der Waals surface area (Å²) in [5.41, 5.74) is 1.49. The van der Waals surface area contributed by atoms with Crippen molar-refractivity contribution in [2.45, 2.75) is 6.29 Å². The van der Waals surface area contributed by atoms with Crippen molar-refractivity contribution in [2.75, 3.05) is 39.7 Å². The van der Waals surface area contributed by atoms with E-state index in [9.17, 15) is 9.59 Å². The van der Waals surface area contributed by atoms with Crippen LogP contribution in [0.5, 0.6) is 0 Å². The van der Waals surface area contributed by atoms with E-state index in [-0.39, 0.29) is 6.03 Å². The fourth-order valence-electron chi connectivity index (χ4n) is 1.88. The molecule has 1 aliphatic rings. The van der Waals surface area contributed by atoms with Crippen LogP contribution in [0.25, 0.3) is 0 Å². The fraction of sp³-hybridized carbons (Fsp3) is 0.429. The Labute approximate surface area is 122 Å². The van der Waals surface area contributed by atoms with Crippen LogP contribution in [-0.4, -0.2) is 51.3 Å². The molecule has 0 atom stereocenters. The van der Waals surface area contributed by atoms with Crippen LogP contribution in [0.1, 0.15) is 22.2 Å². The highest BCUT2D eigenvalue weighted by molar-refractivity contribution is 5.93. The minimum Gasteiger partial charge on any atom is -0.465 e. The number of amides is 2. The van der Waals surface area contributed by atoms with E-state index in [0.717, 1.165) is 0 Å². The number of methoxy groups -OCH3 is 1. The third kappa shape index (κ3) is 3.50. The molecule has 0 radical (unpaired) electrons. The number of ether oxygens (including phenoxy) is 3. The SMILES string of the molecule is COC(=O)c1ccc(NC(=O)N(C)C)c(C2OCCO2)c1. The van der Waals surface area contributed by atoms with Crippen LogP contribution < -0.4 is 5.32 Å². The predicted molar refractivity (Wildman–Crippen MR) is 75.1 cm³/mol. The molecule has 1 fully saturated rings. The number of hydrogen-bond acceptors (Lipinski definition) is 5. The minimum atomic E-state index is -0.605. The Kier molecular flexibility index (Phi) is 4.77. The molecular formula is C14H18N2O5. The average Bonchev–Trinajstić information content (AvgIpc) is 3.00. The molecule has 2 amide bonds. The lowest BCUT2D eigenvalue weighted by Crippen LogP contribution is -2.28. The zero-order valence-corrected chi connectivity index (χ0v) is 12.2. The van der Waals surface area contributed by atoms with E-state index >= 15 is 0 Å². The molecular weight excluding hydrogens is 276 g/mol. The maximum absolute atomic E-state index is 11.8. The number of hydrogen-bond donors (Lipinski definition) is 1. The molecule has 1 heterocycles. The number of carbonyl (C=O) groups excluding carboxylic acids is 2. The van der Waals surface area contributed by atoms with E-state index in [4.69, 9.17) is 14.2 Å². The van der Waals surface area contributed by atoms with Gasteiger partial charge in [0.25, 0.3) is 0 Å². The molecule has 114 valence electrons. The Balaban J connectivity index is 2.34. The van der Waals surface area contributed by atoms with Gasteiger partial charge in [-0.3, -0.25) is 0 Å². The molecule has 1 saturated heterocycles. The highest BCUT2D eigenvalue weighted by Crippen LogP contribution is 2.31. The van der Waals surface area contributed by atoms with Crippen molar-refractivity contribution in [1.29, 1.82) is 0 Å². The molecule has 7 nitrogen and oxygen atoms in total. The first kappa shape index (κ1) is 15.3. The lowest BCUT2D eigenvalue weighted by Gasteiger charge is -2.18. The molecule has 0 unspecified atom stereocenters. The van der Waals surface area contributed by atoms with Gasteiger partial charge >= 0.3 is 12.0 Å². The third-order valence-corrected chi connectivity index (χ3v) is 3.00. The largest absolute Gasteiger partial charge is 0.465 e. The van der Waals surface area contributed by atoms with Crippen molar-refractivity contribution in [1.82, 2.24) is 4.90 Å². The summed E-state index contributed by atoms with van der Waals surface area (Å²) in [6.45, 7) is 0.933. The van der Waals surface area contributed by atoms with Gasteiger partial charge in [0.15, 0.2) is 6.29 Å². The van der Waals surface area contributed by atoms with E-state index in [1.165, 1.54) is 12.0 Å². The topological polar surface area (TPSA) is 77.1 Å². The van der Waals surface area contributed by atoms with Crippen LogP contribution in [0.15, 0.2) is 18.2 Å². The number of rotatable bonds is 3. The van der Waals surface area contributed by atoms with Crippen LogP contribution in [0.4, 0.5) is 10.5 Å². The zero-order chi connectivity index (χ0) is 15.4. The average molecular weight is 294 g/mol. The second-order valence-electron chi connectivity index (χ2n) is 4.69. The molecule has 0 spiro atoms. The van der Waals surface area contributed by atoms with Crippen molar-refractivity contribution in [3.8, 4) is 0 Å². The van der Waals surface area contributed by atoms with Gasteiger partial charge in [-0.2, -0.15) is 0 Å². The van der Waals surface area contributed by atoms with E-state index < -0.39 is 12.3 Å². The van der Waals surface area contributed by atoms with Crippen molar-refractivity contribution in [3.05, 3.63) is 29.3 Å². The van der Waals surface area contributed by atoms with E-state index in [1.807, 2.05) is 0 Å². The third-order valence-electron chi connectivity index (χ3n) is 3.00. The van der Waals surface area contributed by atoms with Crippen LogP contribution in [0, 0.1) is 0 Å². The van der Waals surface area contributed by atoms with Crippen LogP contribution in [0.2, 0.25) is 0 Å². The number of esters is 1. The first-order valence-electron chi connectivity index (χ1n) is 6.46. The summed E-state index contributed by atoms with van der Waals surface area (Å²) in [7, 11) is 4.59. The molecule has 7 heteroatoms. The Bertz CT molecular complexity index is 538. The van der Waals surface area contributed by atoms with Crippen LogP contribution >= 0.6 is 0 Å². The van der Waals surface area contributed by atoms with Gasteiger partial charge in [-0.1, -0.05) is 0 Å². The van der Waals surface area contributed by atoms with Crippen molar-refractivity contribution >= 4 is 17.7 Å². The number of nitrogens with one attached hydrogen (secondary N) is 1. The Morgan fingerprint density at radius 2 is 1.95 bits per heavy atom. The molecule has 1 aliphatic heterocycles. The van der Waals surface area contributed by atoms with Crippen molar-refractivity contribution in [3.63, 3.8) is 0 Å². The van der Waals surface area contributed by atoms with E-state index in [0.29, 0.717) is 30.0 Å². The van der Waals surface area contributed by atoms with Gasteiger partial charge in [0.05, 0.1) is 31.6 Å². The predicted octanol–water partition coefficient (Wildman–Crippen LogP) is 1.61. The lowest BCUT2D eigenvalue weighted by molar-refractivity contribution is -0.0436. The first-order valence-corrected chi connectivity index (χ1v) is 6.46. The number of nitrogens with zero attached hydrogens (tertiary/aromatic N) is 1. The summed E-state index contributed by atoms with van der Waals surface area (Å²) in [4.78, 5) is 24.8. The summed E-state index contributed by atoms with van der Waals surface area (Å²) in [5.74, 6) is -0.459. The molecule has 0 aliphatic carbocycles. The summed E-state index contributed by atoms with van der Waals surface area (Å²) < 4.78 is 15.6. The van der Waals surface area contributed by atoms with Crippen LogP contribution in [-0.2, 0) is 14.2 Å². The minimum absolute atomic E-state index is 0.278. The van der Waals surface area contributed by atoms with Gasteiger partial charge < -0.3 is 24.4 Å². The normalized spacial score (nSPS) is 14.8. The highest BCUT2D eigenvalue weighted by Gasteiger charge is 2.24. The molecule has 1 aromatic carbocycles. The van der Waals surface area contributed by atoms with Gasteiger partial charge in [-0.25, -0.2) is 9.59 Å². The second kappa shape index (κ2) is 6.55. The standard InChI is InChI=1S/C14H18N2O5/c1-16(2)14(18)15-11-5-4-9(12(17)19-3)8-10(11)13-20-6-7-21-13/h4-5,8,13H,6-7H2,1-3H3,(H,15,18). The highest BCUT2D eigenvalue weighted by atomic mass is 16.7. The summed E-state index contributed by atoms with van der Waals surface area (Å²) >= 11 is 0. The number of anilines is 1. The van der Waals surface area contributed by atoms with E-state index in [1.54, 1.807) is 32.3 Å². The summed E-state index contributed by atoms with van der Waals surface area (Å²) in [6.07, 6.45) is -0.605. The quantitative estimate of drug-likeness (QED) is 0.857. The number of carbonyl (C=O) groups is 2. The Morgan fingerprint density at radius 3 is 2.52 bits per heavy atom. The maximum atomic E-state index is 11.8. The molecule has 2 rings (SSSR count). The molecule has 0 saturated carbocycles. The molecule has 0 aromatic heterocycles. The molecule has 0 bridgehead atoms. The number of urea groups is 1. The fourth-order valence-corrected chi connectivity index (χ4v) is 1.88. The van der Waals surface area contributed by atoms with E-state index in [2.05, 4.69) is 5.32 Å². The second-order valence-corrected chi connectivity index (χ2v) is 4.69. The monoisotopic (exact) mass is 294 g/mol. The van der Waals surface area contributed by atoms with Gasteiger partial charge in [0.1, 0.15) is 0 Å². The lowest BCUT2D eigenvalue weighted by atomic mass is 10.1. The van der Waals surface area contributed by atoms with Gasteiger partial charge in [-0.15, -0.1) is 0 Å². The van der Waals surface area contributed by atoms with Crippen LogP contribution in [0.3, 0.4) is 0 Å². The Morgan fingerprint density at radius 1 is 1.29 bits per heavy atom. The Hall–Kier alpha value is -2.12. The van der Waals surface area contributed by atoms with Crippen molar-refractivity contribution < 1.29 is 23.8 Å². The maximum Gasteiger partial charge on any atom is 0.337 e. The summed E-state index contributed by atoms with van der Waals surface area (Å²) in [6, 6.07) is 4.54. The molecule has 1 aromatic rings. The van der Waals surface area contributed by atoms with Gasteiger partial charge in [0, 0.05) is 19.7 Å². The number of benzene rings is 1. The van der Waals surface area contributed by atoms with Crippen molar-refractivity contribution in [2.24, 2.45) is 0 Å². The zero-order valence-electron chi connectivity index (χ0n) is 12.2. The smallest absolute Gasteiger partial charge is 0.337 e. The summed E-state index contributed by atoms with van der Waals surface area (Å²) in [5, 5.41) is 2.75. The molecule has 1 N–H and O–H groups in total. The van der Waals surface area contributed by atoms with Gasteiger partial charge in [0.2, 0.25) is 0 Å². The van der Waals surface area contributed by atoms with Gasteiger partial charge in [-0.05, 0) is 18.2 Å². The first-order chi connectivity index (χ1) is 10.0.